The third kappa shape index (κ3) is 2.28. The first-order chi connectivity index (χ1) is 8.58. The van der Waals surface area contributed by atoms with Crippen molar-refractivity contribution in [1.82, 2.24) is 4.90 Å². The number of hydrogen-bond acceptors (Lipinski definition) is 2. The van der Waals surface area contributed by atoms with E-state index in [1.165, 1.54) is 18.4 Å². The summed E-state index contributed by atoms with van der Waals surface area (Å²) in [6, 6.07) is 11.1. The minimum absolute atomic E-state index is 0.466. The molecule has 1 aliphatic rings. The molecule has 1 atom stereocenters. The van der Waals surface area contributed by atoms with Crippen LogP contribution in [0.3, 0.4) is 0 Å². The molecule has 0 radical (unpaired) electrons. The third-order valence-electron chi connectivity index (χ3n) is 4.10. The van der Waals surface area contributed by atoms with Gasteiger partial charge >= 0.3 is 0 Å². The van der Waals surface area contributed by atoms with Gasteiger partial charge in [-0.3, -0.25) is 4.90 Å². The number of likely N-dealkylation sites (tertiary alicyclic amines) is 1. The van der Waals surface area contributed by atoms with Gasteiger partial charge in [0.2, 0.25) is 0 Å². The molecule has 18 heavy (non-hydrogen) atoms. The van der Waals surface area contributed by atoms with Gasteiger partial charge in [0, 0.05) is 0 Å². The molecule has 1 fully saturated rings. The summed E-state index contributed by atoms with van der Waals surface area (Å²) in [5, 5.41) is 9.59. The molecule has 1 aromatic carbocycles. The Morgan fingerprint density at radius 1 is 1.17 bits per heavy atom. The lowest BCUT2D eigenvalue weighted by atomic mass is 9.90. The second-order valence-corrected chi connectivity index (χ2v) is 5.65. The van der Waals surface area contributed by atoms with E-state index in [1.54, 1.807) is 0 Å². The van der Waals surface area contributed by atoms with Crippen molar-refractivity contribution in [2.45, 2.75) is 45.1 Å². The van der Waals surface area contributed by atoms with Gasteiger partial charge in [-0.25, -0.2) is 0 Å². The van der Waals surface area contributed by atoms with Crippen LogP contribution in [0.15, 0.2) is 24.3 Å². The Morgan fingerprint density at radius 2 is 1.72 bits per heavy atom. The lowest BCUT2D eigenvalue weighted by molar-refractivity contribution is 0.193. The van der Waals surface area contributed by atoms with Crippen LogP contribution in [0.2, 0.25) is 0 Å². The van der Waals surface area contributed by atoms with E-state index in [0.717, 1.165) is 18.7 Å². The van der Waals surface area contributed by atoms with Gasteiger partial charge in [0.1, 0.15) is 5.54 Å². The van der Waals surface area contributed by atoms with Gasteiger partial charge in [0.05, 0.1) is 6.07 Å². The molecule has 0 N–H and O–H groups in total. The first kappa shape index (κ1) is 13.1. The summed E-state index contributed by atoms with van der Waals surface area (Å²) >= 11 is 0. The maximum absolute atomic E-state index is 9.59. The Hall–Kier alpha value is -1.33. The quantitative estimate of drug-likeness (QED) is 0.809. The maximum atomic E-state index is 9.59. The molecule has 1 saturated heterocycles. The zero-order chi connectivity index (χ0) is 13.2. The topological polar surface area (TPSA) is 27.0 Å². The minimum atomic E-state index is -0.466. The van der Waals surface area contributed by atoms with Crippen molar-refractivity contribution in [3.63, 3.8) is 0 Å². The van der Waals surface area contributed by atoms with Crippen LogP contribution in [0, 0.1) is 11.3 Å². The average Bonchev–Trinajstić information content (AvgIpc) is 2.92. The molecule has 0 saturated carbocycles. The molecule has 0 spiro atoms. The number of hydrogen-bond donors (Lipinski definition) is 0. The molecule has 1 heterocycles. The lowest BCUT2D eigenvalue weighted by Crippen LogP contribution is -2.40. The van der Waals surface area contributed by atoms with Crippen LogP contribution in [0.25, 0.3) is 0 Å². The van der Waals surface area contributed by atoms with Crippen molar-refractivity contribution in [2.75, 3.05) is 13.1 Å². The Morgan fingerprint density at radius 3 is 2.17 bits per heavy atom. The Labute approximate surface area is 110 Å². The Bertz CT molecular complexity index is 435. The first-order valence-corrected chi connectivity index (χ1v) is 6.84. The van der Waals surface area contributed by atoms with Crippen LogP contribution in [-0.4, -0.2) is 18.0 Å². The summed E-state index contributed by atoms with van der Waals surface area (Å²) in [4.78, 5) is 2.30. The zero-order valence-electron chi connectivity index (χ0n) is 11.6. The first-order valence-electron chi connectivity index (χ1n) is 6.84. The standard InChI is InChI=1S/C16H22N2/c1-13(2)14-6-8-15(9-7-14)16(3,12-17)18-10-4-5-11-18/h6-9,13H,4-5,10-11H2,1-3H3. The summed E-state index contributed by atoms with van der Waals surface area (Å²) in [6.45, 7) is 8.51. The van der Waals surface area contributed by atoms with Crippen molar-refractivity contribution in [2.24, 2.45) is 0 Å². The van der Waals surface area contributed by atoms with Gasteiger partial charge in [-0.2, -0.15) is 5.26 Å². The van der Waals surface area contributed by atoms with E-state index < -0.39 is 5.54 Å². The number of rotatable bonds is 3. The van der Waals surface area contributed by atoms with Gasteiger partial charge in [-0.05, 0) is 49.9 Å². The van der Waals surface area contributed by atoms with Crippen LogP contribution < -0.4 is 0 Å². The molecule has 0 bridgehead atoms. The number of nitriles is 1. The molecule has 96 valence electrons. The lowest BCUT2D eigenvalue weighted by Gasteiger charge is -2.33. The second-order valence-electron chi connectivity index (χ2n) is 5.65. The minimum Gasteiger partial charge on any atom is -0.282 e. The van der Waals surface area contributed by atoms with Crippen molar-refractivity contribution in [3.8, 4) is 6.07 Å². The van der Waals surface area contributed by atoms with E-state index in [2.05, 4.69) is 49.1 Å². The van der Waals surface area contributed by atoms with Crippen molar-refractivity contribution >= 4 is 0 Å². The van der Waals surface area contributed by atoms with Crippen molar-refractivity contribution < 1.29 is 0 Å². The van der Waals surface area contributed by atoms with Gasteiger partial charge in [-0.1, -0.05) is 38.1 Å². The van der Waals surface area contributed by atoms with Gasteiger partial charge in [-0.15, -0.1) is 0 Å². The van der Waals surface area contributed by atoms with E-state index in [9.17, 15) is 5.26 Å². The molecule has 1 unspecified atom stereocenters. The second kappa shape index (κ2) is 5.12. The fourth-order valence-electron chi connectivity index (χ4n) is 2.67. The molecule has 0 aliphatic carbocycles. The molecule has 0 aromatic heterocycles. The van der Waals surface area contributed by atoms with Crippen LogP contribution in [-0.2, 0) is 5.54 Å². The van der Waals surface area contributed by atoms with Gasteiger partial charge < -0.3 is 0 Å². The van der Waals surface area contributed by atoms with Crippen LogP contribution in [0.1, 0.15) is 50.7 Å². The van der Waals surface area contributed by atoms with E-state index in [1.807, 2.05) is 6.92 Å². The van der Waals surface area contributed by atoms with E-state index in [0.29, 0.717) is 5.92 Å². The predicted octanol–water partition coefficient (Wildman–Crippen LogP) is 3.64. The highest BCUT2D eigenvalue weighted by atomic mass is 15.2. The summed E-state index contributed by atoms with van der Waals surface area (Å²) < 4.78 is 0. The van der Waals surface area contributed by atoms with E-state index in [4.69, 9.17) is 0 Å². The van der Waals surface area contributed by atoms with E-state index in [-0.39, 0.29) is 0 Å². The van der Waals surface area contributed by atoms with Crippen LogP contribution in [0.5, 0.6) is 0 Å². The summed E-state index contributed by atoms with van der Waals surface area (Å²) in [5.41, 5.74) is 1.99. The molecule has 1 aromatic rings. The molecule has 1 aliphatic heterocycles. The summed E-state index contributed by atoms with van der Waals surface area (Å²) in [6.07, 6.45) is 2.42. The van der Waals surface area contributed by atoms with Crippen molar-refractivity contribution in [1.29, 1.82) is 5.26 Å². The van der Waals surface area contributed by atoms with Crippen LogP contribution >= 0.6 is 0 Å². The molecular formula is C16H22N2. The van der Waals surface area contributed by atoms with Crippen LogP contribution in [0.4, 0.5) is 0 Å². The Kier molecular flexibility index (Phi) is 3.73. The largest absolute Gasteiger partial charge is 0.282 e. The molecular weight excluding hydrogens is 220 g/mol. The maximum Gasteiger partial charge on any atom is 0.131 e. The van der Waals surface area contributed by atoms with E-state index >= 15 is 0 Å². The summed E-state index contributed by atoms with van der Waals surface area (Å²) in [7, 11) is 0. The highest BCUT2D eigenvalue weighted by Crippen LogP contribution is 2.31. The monoisotopic (exact) mass is 242 g/mol. The number of nitrogens with zero attached hydrogens (tertiary/aromatic N) is 2. The fourth-order valence-corrected chi connectivity index (χ4v) is 2.67. The van der Waals surface area contributed by atoms with Crippen molar-refractivity contribution in [3.05, 3.63) is 35.4 Å². The zero-order valence-corrected chi connectivity index (χ0v) is 11.6. The normalized spacial score (nSPS) is 19.7. The molecule has 2 nitrogen and oxygen atoms in total. The fraction of sp³-hybridized carbons (Fsp3) is 0.562. The highest BCUT2D eigenvalue weighted by molar-refractivity contribution is 5.34. The SMILES string of the molecule is CC(C)c1ccc(C(C)(C#N)N2CCCC2)cc1. The molecule has 0 amide bonds. The average molecular weight is 242 g/mol. The molecule has 2 heteroatoms. The predicted molar refractivity (Wildman–Crippen MR) is 74.3 cm³/mol. The third-order valence-corrected chi connectivity index (χ3v) is 4.10. The number of benzene rings is 1. The molecule has 2 rings (SSSR count). The van der Waals surface area contributed by atoms with Gasteiger partial charge in [0.25, 0.3) is 0 Å². The smallest absolute Gasteiger partial charge is 0.131 e. The Balaban J connectivity index is 2.30. The van der Waals surface area contributed by atoms with Gasteiger partial charge in [0.15, 0.2) is 0 Å². The highest BCUT2D eigenvalue weighted by Gasteiger charge is 2.35. The summed E-state index contributed by atoms with van der Waals surface area (Å²) in [5.74, 6) is 0.541.